The zero-order valence-electron chi connectivity index (χ0n) is 23.0. The first-order chi connectivity index (χ1) is 21.4. The first kappa shape index (κ1) is 22.7. The van der Waals surface area contributed by atoms with Gasteiger partial charge in [0.15, 0.2) is 0 Å². The van der Waals surface area contributed by atoms with Gasteiger partial charge in [-0.1, -0.05) is 60.7 Å². The summed E-state index contributed by atoms with van der Waals surface area (Å²) in [5.74, 6) is 0. The molecule has 0 saturated heterocycles. The number of rotatable bonds is 2. The molecule has 0 N–H and O–H groups in total. The summed E-state index contributed by atoms with van der Waals surface area (Å²) in [4.78, 5) is 9.71. The monoisotopic (exact) mass is 549 g/mol. The zero-order chi connectivity index (χ0) is 28.1. The van der Waals surface area contributed by atoms with Crippen LogP contribution in [0.2, 0.25) is 0 Å². The van der Waals surface area contributed by atoms with Crippen molar-refractivity contribution in [2.45, 2.75) is 0 Å². The minimum atomic E-state index is 0.936. The number of imidazole rings is 1. The fourth-order valence-corrected chi connectivity index (χ4v) is 7.18. The van der Waals surface area contributed by atoms with Gasteiger partial charge in [0.2, 0.25) is 0 Å². The van der Waals surface area contributed by atoms with Crippen molar-refractivity contribution in [2.75, 3.05) is 0 Å². The van der Waals surface area contributed by atoms with E-state index in [9.17, 15) is 0 Å². The molecule has 43 heavy (non-hydrogen) atoms. The summed E-state index contributed by atoms with van der Waals surface area (Å²) in [6.45, 7) is 0. The van der Waals surface area contributed by atoms with E-state index in [1.54, 1.807) is 0 Å². The second-order valence-corrected chi connectivity index (χ2v) is 11.1. The van der Waals surface area contributed by atoms with Crippen LogP contribution in [0.25, 0.3) is 82.4 Å². The van der Waals surface area contributed by atoms with Crippen LogP contribution in [0.1, 0.15) is 0 Å². The predicted octanol–water partition coefficient (Wildman–Crippen LogP) is 9.23. The molecule has 0 aliphatic carbocycles. The van der Waals surface area contributed by atoms with Gasteiger partial charge in [-0.15, -0.1) is 0 Å². The van der Waals surface area contributed by atoms with Crippen molar-refractivity contribution in [1.82, 2.24) is 23.5 Å². The lowest BCUT2D eigenvalue weighted by Gasteiger charge is -2.10. The Morgan fingerprint density at radius 3 is 2.02 bits per heavy atom. The number of hydrogen-bond acceptors (Lipinski definition) is 2. The van der Waals surface area contributed by atoms with Gasteiger partial charge in [0, 0.05) is 62.3 Å². The Hall–Kier alpha value is -5.94. The largest absolute Gasteiger partial charge is 0.309 e. The van der Waals surface area contributed by atoms with Crippen molar-refractivity contribution in [3.05, 3.63) is 140 Å². The Labute approximate surface area is 245 Å². The molecule has 5 aromatic heterocycles. The van der Waals surface area contributed by atoms with E-state index in [0.717, 1.165) is 44.3 Å². The summed E-state index contributed by atoms with van der Waals surface area (Å²) in [5, 5.41) is 7.10. The average molecular weight is 550 g/mol. The highest BCUT2D eigenvalue weighted by molar-refractivity contribution is 6.28. The van der Waals surface area contributed by atoms with Crippen LogP contribution in [0.5, 0.6) is 0 Å². The molecule has 0 bridgehead atoms. The van der Waals surface area contributed by atoms with Gasteiger partial charge in [-0.2, -0.15) is 0 Å². The maximum atomic E-state index is 4.89. The van der Waals surface area contributed by atoms with Gasteiger partial charge in [0.05, 0.1) is 33.1 Å². The van der Waals surface area contributed by atoms with E-state index in [4.69, 9.17) is 9.97 Å². The van der Waals surface area contributed by atoms with Crippen molar-refractivity contribution < 1.29 is 0 Å². The number of pyridine rings is 2. The molecule has 0 radical (unpaired) electrons. The number of fused-ring (bicyclic) bond motifs is 13. The highest BCUT2D eigenvalue weighted by Gasteiger charge is 2.22. The third kappa shape index (κ3) is 2.95. The Morgan fingerprint density at radius 1 is 0.442 bits per heavy atom. The zero-order valence-corrected chi connectivity index (χ0v) is 23.0. The minimum absolute atomic E-state index is 0.936. The molecule has 0 aliphatic rings. The minimum Gasteiger partial charge on any atom is -0.309 e. The molecule has 5 nitrogen and oxygen atoms in total. The Morgan fingerprint density at radius 2 is 1.19 bits per heavy atom. The Balaban J connectivity index is 1.51. The maximum absolute atomic E-state index is 4.89. The van der Waals surface area contributed by atoms with E-state index in [1.165, 1.54) is 38.1 Å². The molecule has 0 spiro atoms. The number of benzene rings is 5. The molecule has 10 rings (SSSR count). The lowest BCUT2D eigenvalue weighted by molar-refractivity contribution is 1.17. The van der Waals surface area contributed by atoms with Crippen LogP contribution in [0.15, 0.2) is 140 Å². The van der Waals surface area contributed by atoms with Crippen molar-refractivity contribution in [1.29, 1.82) is 0 Å². The molecule has 5 heteroatoms. The quantitative estimate of drug-likeness (QED) is 0.202. The van der Waals surface area contributed by atoms with Crippen LogP contribution >= 0.6 is 0 Å². The first-order valence-electron chi connectivity index (χ1n) is 14.5. The van der Waals surface area contributed by atoms with Crippen molar-refractivity contribution in [3.63, 3.8) is 0 Å². The standard InChI is InChI=1S/C38H23N5/c1-3-10-24(11-4-1)42-32-18-17-27-26-14-7-8-15-31(26)43(25-12-5-2-6-13-25)37(27)35(32)30-22-28-29(23-34(30)42)38-40-20-21-41(38)33-16-9-19-39-36(28)33/h1-23H. The van der Waals surface area contributed by atoms with Gasteiger partial charge in [0.25, 0.3) is 0 Å². The molecule has 0 unspecified atom stereocenters. The van der Waals surface area contributed by atoms with Crippen LogP contribution in [-0.2, 0) is 0 Å². The first-order valence-corrected chi connectivity index (χ1v) is 14.5. The number of para-hydroxylation sites is 3. The third-order valence-electron chi connectivity index (χ3n) is 8.91. The highest BCUT2D eigenvalue weighted by atomic mass is 15.0. The number of nitrogens with zero attached hydrogens (tertiary/aromatic N) is 5. The van der Waals surface area contributed by atoms with Gasteiger partial charge in [-0.05, 0) is 60.7 Å². The summed E-state index contributed by atoms with van der Waals surface area (Å²) in [6.07, 6.45) is 5.78. The lowest BCUT2D eigenvalue weighted by atomic mass is 10.0. The number of aromatic nitrogens is 5. The summed E-state index contributed by atoms with van der Waals surface area (Å²) in [7, 11) is 0. The summed E-state index contributed by atoms with van der Waals surface area (Å²) >= 11 is 0. The van der Waals surface area contributed by atoms with Crippen LogP contribution in [-0.4, -0.2) is 23.5 Å². The molecule has 0 saturated carbocycles. The second-order valence-electron chi connectivity index (χ2n) is 11.1. The lowest BCUT2D eigenvalue weighted by Crippen LogP contribution is -1.95. The molecule has 0 fully saturated rings. The Bertz CT molecular complexity index is 2710. The Kier molecular flexibility index (Phi) is 4.39. The van der Waals surface area contributed by atoms with Gasteiger partial charge < -0.3 is 9.13 Å². The second kappa shape index (κ2) is 8.30. The summed E-state index contributed by atoms with van der Waals surface area (Å²) < 4.78 is 6.98. The van der Waals surface area contributed by atoms with Gasteiger partial charge >= 0.3 is 0 Å². The molecular formula is C38H23N5. The van der Waals surface area contributed by atoms with E-state index in [2.05, 4.69) is 129 Å². The van der Waals surface area contributed by atoms with Gasteiger partial charge in [-0.3, -0.25) is 9.38 Å². The van der Waals surface area contributed by atoms with Crippen molar-refractivity contribution in [2.24, 2.45) is 0 Å². The van der Waals surface area contributed by atoms with Crippen LogP contribution in [0.4, 0.5) is 0 Å². The summed E-state index contributed by atoms with van der Waals surface area (Å²) in [5.41, 5.74) is 9.96. The van der Waals surface area contributed by atoms with Crippen molar-refractivity contribution >= 4 is 71.1 Å². The molecule has 0 aliphatic heterocycles. The molecular weight excluding hydrogens is 526 g/mol. The number of hydrogen-bond donors (Lipinski definition) is 0. The van der Waals surface area contributed by atoms with Crippen LogP contribution < -0.4 is 0 Å². The SMILES string of the molecule is c1ccc(-n2c3cc4c(cc3c3c2ccc2c5ccccc5n(-c5ccccc5)c23)c2ncccc2n2ccnc42)cc1. The van der Waals surface area contributed by atoms with Crippen molar-refractivity contribution in [3.8, 4) is 11.4 Å². The van der Waals surface area contributed by atoms with Crippen LogP contribution in [0, 0.1) is 0 Å². The molecule has 5 heterocycles. The van der Waals surface area contributed by atoms with Gasteiger partial charge in [-0.25, -0.2) is 4.98 Å². The average Bonchev–Trinajstić information content (AvgIpc) is 3.78. The third-order valence-corrected chi connectivity index (χ3v) is 8.91. The molecule has 0 amide bonds. The fraction of sp³-hybridized carbons (Fsp3) is 0. The molecule has 10 aromatic rings. The predicted molar refractivity (Wildman–Crippen MR) is 177 cm³/mol. The van der Waals surface area contributed by atoms with E-state index < -0.39 is 0 Å². The molecule has 200 valence electrons. The topological polar surface area (TPSA) is 40.0 Å². The fourth-order valence-electron chi connectivity index (χ4n) is 7.18. The van der Waals surface area contributed by atoms with E-state index in [-0.39, 0.29) is 0 Å². The van der Waals surface area contributed by atoms with Gasteiger partial charge in [0.1, 0.15) is 5.65 Å². The summed E-state index contributed by atoms with van der Waals surface area (Å²) in [6, 6.07) is 43.5. The highest BCUT2D eigenvalue weighted by Crippen LogP contribution is 2.43. The smallest absolute Gasteiger partial charge is 0.145 e. The van der Waals surface area contributed by atoms with E-state index >= 15 is 0 Å². The van der Waals surface area contributed by atoms with E-state index in [0.29, 0.717) is 0 Å². The van der Waals surface area contributed by atoms with E-state index in [1.807, 2.05) is 24.7 Å². The normalized spacial score (nSPS) is 12.2. The molecule has 0 atom stereocenters. The molecule has 5 aromatic carbocycles. The van der Waals surface area contributed by atoms with Crippen LogP contribution in [0.3, 0.4) is 0 Å². The maximum Gasteiger partial charge on any atom is 0.145 e.